The van der Waals surface area contributed by atoms with Gasteiger partial charge in [0.15, 0.2) is 0 Å². The molecule has 1 aromatic carbocycles. The lowest BCUT2D eigenvalue weighted by atomic mass is 9.62. The highest BCUT2D eigenvalue weighted by atomic mass is 16.5. The Morgan fingerprint density at radius 1 is 1.29 bits per heavy atom. The van der Waals surface area contributed by atoms with Crippen LogP contribution in [0, 0.1) is 17.3 Å². The van der Waals surface area contributed by atoms with Gasteiger partial charge in [0.05, 0.1) is 18.4 Å². The average molecular weight is 288 g/mol. The molecule has 3 rings (SSSR count). The van der Waals surface area contributed by atoms with Crippen LogP contribution in [0.5, 0.6) is 0 Å². The molecule has 3 unspecified atom stereocenters. The van der Waals surface area contributed by atoms with E-state index in [0.717, 1.165) is 24.8 Å². The van der Waals surface area contributed by atoms with E-state index in [1.165, 1.54) is 7.11 Å². The predicted octanol–water partition coefficient (Wildman–Crippen LogP) is 2.71. The van der Waals surface area contributed by atoms with Crippen molar-refractivity contribution in [3.8, 4) is 0 Å². The maximum Gasteiger partial charge on any atom is 0.312 e. The van der Waals surface area contributed by atoms with Crippen LogP contribution in [0.2, 0.25) is 0 Å². The molecule has 4 nitrogen and oxygen atoms in total. The summed E-state index contributed by atoms with van der Waals surface area (Å²) in [5.74, 6) is -0.215. The molecule has 21 heavy (non-hydrogen) atoms. The quantitative estimate of drug-likeness (QED) is 0.799. The zero-order valence-electron chi connectivity index (χ0n) is 12.2. The second-order valence-corrected chi connectivity index (χ2v) is 6.11. The Labute approximate surface area is 124 Å². The third kappa shape index (κ3) is 2.43. The molecule has 2 fully saturated rings. The van der Waals surface area contributed by atoms with E-state index in [-0.39, 0.29) is 17.9 Å². The first-order valence-corrected chi connectivity index (χ1v) is 7.45. The molecule has 0 amide bonds. The number of hydrogen-bond donors (Lipinski definition) is 0. The standard InChI is InChI=1S/C17H20O4/c1-20-16(19)17-8-7-14(17)9-13(10-17)15(18)21-11-12-5-3-2-4-6-12/h2-6,13-14H,7-11H2,1H3. The van der Waals surface area contributed by atoms with Crippen LogP contribution in [0.4, 0.5) is 0 Å². The van der Waals surface area contributed by atoms with Gasteiger partial charge in [0.2, 0.25) is 0 Å². The van der Waals surface area contributed by atoms with Crippen molar-refractivity contribution < 1.29 is 19.1 Å². The van der Waals surface area contributed by atoms with Crippen molar-refractivity contribution in [2.45, 2.75) is 32.3 Å². The number of benzene rings is 1. The summed E-state index contributed by atoms with van der Waals surface area (Å²) >= 11 is 0. The van der Waals surface area contributed by atoms with Crippen molar-refractivity contribution >= 4 is 11.9 Å². The largest absolute Gasteiger partial charge is 0.469 e. The number of esters is 2. The van der Waals surface area contributed by atoms with Crippen molar-refractivity contribution in [2.24, 2.45) is 17.3 Å². The fourth-order valence-electron chi connectivity index (χ4n) is 3.76. The molecule has 0 bridgehead atoms. The molecular formula is C17H20O4. The van der Waals surface area contributed by atoms with Crippen molar-refractivity contribution in [3.05, 3.63) is 35.9 Å². The van der Waals surface area contributed by atoms with Crippen LogP contribution in [0.3, 0.4) is 0 Å². The number of hydrogen-bond acceptors (Lipinski definition) is 4. The van der Waals surface area contributed by atoms with Gasteiger partial charge in [-0.1, -0.05) is 30.3 Å². The topological polar surface area (TPSA) is 52.6 Å². The number of rotatable bonds is 4. The fourth-order valence-corrected chi connectivity index (χ4v) is 3.76. The van der Waals surface area contributed by atoms with Crippen LogP contribution in [-0.4, -0.2) is 19.0 Å². The summed E-state index contributed by atoms with van der Waals surface area (Å²) in [6.07, 6.45) is 3.19. The van der Waals surface area contributed by atoms with E-state index in [4.69, 9.17) is 9.47 Å². The molecule has 112 valence electrons. The summed E-state index contributed by atoms with van der Waals surface area (Å²) in [4.78, 5) is 24.2. The van der Waals surface area contributed by atoms with Gasteiger partial charge >= 0.3 is 11.9 Å². The molecule has 0 saturated heterocycles. The third-order valence-corrected chi connectivity index (χ3v) is 5.05. The minimum absolute atomic E-state index is 0.155. The van der Waals surface area contributed by atoms with Gasteiger partial charge in [-0.05, 0) is 37.2 Å². The van der Waals surface area contributed by atoms with Crippen molar-refractivity contribution in [3.63, 3.8) is 0 Å². The van der Waals surface area contributed by atoms with E-state index in [9.17, 15) is 9.59 Å². The van der Waals surface area contributed by atoms with Gasteiger partial charge in [-0.3, -0.25) is 9.59 Å². The molecular weight excluding hydrogens is 268 g/mol. The normalized spacial score (nSPS) is 30.1. The fraction of sp³-hybridized carbons (Fsp3) is 0.529. The summed E-state index contributed by atoms with van der Waals surface area (Å²) in [6, 6.07) is 9.64. The van der Waals surface area contributed by atoms with Crippen LogP contribution in [0.1, 0.15) is 31.2 Å². The molecule has 2 aliphatic carbocycles. The molecule has 2 aliphatic rings. The first kappa shape index (κ1) is 14.1. The summed E-state index contributed by atoms with van der Waals surface area (Å²) < 4.78 is 10.3. The number of methoxy groups -OCH3 is 1. The van der Waals surface area contributed by atoms with E-state index in [0.29, 0.717) is 18.9 Å². The molecule has 0 aliphatic heterocycles. The number of carbonyl (C=O) groups excluding carboxylic acids is 2. The van der Waals surface area contributed by atoms with Gasteiger partial charge in [-0.15, -0.1) is 0 Å². The SMILES string of the molecule is COC(=O)C12CCC1CC(C(=O)OCc1ccccc1)C2. The maximum absolute atomic E-state index is 12.2. The molecule has 0 radical (unpaired) electrons. The van der Waals surface area contributed by atoms with Crippen LogP contribution in [0.25, 0.3) is 0 Å². The Hall–Kier alpha value is -1.84. The highest BCUT2D eigenvalue weighted by Crippen LogP contribution is 2.60. The van der Waals surface area contributed by atoms with Crippen LogP contribution in [0.15, 0.2) is 30.3 Å². The van der Waals surface area contributed by atoms with Gasteiger partial charge in [-0.25, -0.2) is 0 Å². The van der Waals surface area contributed by atoms with Crippen molar-refractivity contribution in [1.29, 1.82) is 0 Å². The summed E-state index contributed by atoms with van der Waals surface area (Å²) in [5.41, 5.74) is 0.569. The summed E-state index contributed by atoms with van der Waals surface area (Å²) in [7, 11) is 1.42. The molecule has 0 N–H and O–H groups in total. The van der Waals surface area contributed by atoms with Gasteiger partial charge < -0.3 is 9.47 Å². The maximum atomic E-state index is 12.2. The first-order chi connectivity index (χ1) is 10.2. The minimum Gasteiger partial charge on any atom is -0.469 e. The Kier molecular flexibility index (Phi) is 3.70. The second kappa shape index (κ2) is 5.51. The number of fused-ring (bicyclic) bond motifs is 1. The van der Waals surface area contributed by atoms with Crippen LogP contribution < -0.4 is 0 Å². The molecule has 0 heterocycles. The smallest absolute Gasteiger partial charge is 0.312 e. The van der Waals surface area contributed by atoms with Crippen LogP contribution >= 0.6 is 0 Å². The lowest BCUT2D eigenvalue weighted by molar-refractivity contribution is -0.162. The Balaban J connectivity index is 1.58. The highest BCUT2D eigenvalue weighted by molar-refractivity contribution is 5.82. The van der Waals surface area contributed by atoms with Gasteiger partial charge in [-0.2, -0.15) is 0 Å². The van der Waals surface area contributed by atoms with Crippen molar-refractivity contribution in [1.82, 2.24) is 0 Å². The molecule has 2 saturated carbocycles. The highest BCUT2D eigenvalue weighted by Gasteiger charge is 2.60. The van der Waals surface area contributed by atoms with Gasteiger partial charge in [0.1, 0.15) is 6.61 Å². The lowest BCUT2D eigenvalue weighted by Gasteiger charge is -2.41. The van der Waals surface area contributed by atoms with Gasteiger partial charge in [0, 0.05) is 0 Å². The van der Waals surface area contributed by atoms with E-state index < -0.39 is 5.41 Å². The Bertz CT molecular complexity index is 539. The van der Waals surface area contributed by atoms with Crippen LogP contribution in [-0.2, 0) is 25.7 Å². The van der Waals surface area contributed by atoms with Gasteiger partial charge in [0.25, 0.3) is 0 Å². The zero-order valence-corrected chi connectivity index (χ0v) is 12.2. The average Bonchev–Trinajstić information content (AvgIpc) is 2.77. The second-order valence-electron chi connectivity index (χ2n) is 6.11. The molecule has 0 spiro atoms. The Morgan fingerprint density at radius 2 is 2.05 bits per heavy atom. The molecule has 1 aromatic rings. The van der Waals surface area contributed by atoms with E-state index in [1.807, 2.05) is 30.3 Å². The van der Waals surface area contributed by atoms with E-state index in [1.54, 1.807) is 0 Å². The number of carbonyl (C=O) groups is 2. The molecule has 3 atom stereocenters. The van der Waals surface area contributed by atoms with E-state index in [2.05, 4.69) is 0 Å². The summed E-state index contributed by atoms with van der Waals surface area (Å²) in [5, 5.41) is 0. The first-order valence-electron chi connectivity index (χ1n) is 7.45. The summed E-state index contributed by atoms with van der Waals surface area (Å²) in [6.45, 7) is 0.298. The lowest BCUT2D eigenvalue weighted by Crippen LogP contribution is -2.43. The third-order valence-electron chi connectivity index (χ3n) is 5.05. The minimum atomic E-state index is -0.412. The van der Waals surface area contributed by atoms with E-state index >= 15 is 0 Å². The molecule has 0 aromatic heterocycles. The molecule has 4 heteroatoms. The Morgan fingerprint density at radius 3 is 2.67 bits per heavy atom. The van der Waals surface area contributed by atoms with Crippen molar-refractivity contribution in [2.75, 3.05) is 7.11 Å². The monoisotopic (exact) mass is 288 g/mol. The number of ether oxygens (including phenoxy) is 2. The zero-order chi connectivity index (χ0) is 14.9. The predicted molar refractivity (Wildman–Crippen MR) is 76.1 cm³/mol.